The highest BCUT2D eigenvalue weighted by Gasteiger charge is 2.13. The van der Waals surface area contributed by atoms with Crippen LogP contribution in [-0.2, 0) is 0 Å². The monoisotopic (exact) mass is 216 g/mol. The standard InChI is InChI=1S/C14H20N2/c1-3-6-12(7-4-2)13-9-10-15-16-11-5-8-14(13)16/h5,8-12H,3-4,6-7H2,1-2H3. The van der Waals surface area contributed by atoms with E-state index >= 15 is 0 Å². The first kappa shape index (κ1) is 11.2. The van der Waals surface area contributed by atoms with Crippen LogP contribution in [0.1, 0.15) is 51.0 Å². The van der Waals surface area contributed by atoms with Gasteiger partial charge in [-0.15, -0.1) is 0 Å². The lowest BCUT2D eigenvalue weighted by Crippen LogP contribution is -2.02. The van der Waals surface area contributed by atoms with Gasteiger partial charge in [0.15, 0.2) is 0 Å². The molecular weight excluding hydrogens is 196 g/mol. The molecule has 0 aliphatic heterocycles. The maximum atomic E-state index is 4.32. The molecule has 0 bridgehead atoms. The molecule has 0 aliphatic rings. The van der Waals surface area contributed by atoms with Crippen LogP contribution >= 0.6 is 0 Å². The zero-order chi connectivity index (χ0) is 11.4. The molecule has 0 amide bonds. The molecule has 0 saturated heterocycles. The van der Waals surface area contributed by atoms with E-state index in [0.29, 0.717) is 5.92 Å². The molecular formula is C14H20N2. The Hall–Kier alpha value is -1.31. The first-order valence-corrected chi connectivity index (χ1v) is 6.29. The molecule has 0 unspecified atom stereocenters. The van der Waals surface area contributed by atoms with Crippen LogP contribution in [0.4, 0.5) is 0 Å². The van der Waals surface area contributed by atoms with E-state index in [1.54, 1.807) is 0 Å². The Balaban J connectivity index is 2.38. The maximum Gasteiger partial charge on any atom is 0.0681 e. The number of rotatable bonds is 5. The Kier molecular flexibility index (Phi) is 3.60. The summed E-state index contributed by atoms with van der Waals surface area (Å²) in [5.74, 6) is 0.690. The third-order valence-corrected chi connectivity index (χ3v) is 3.18. The van der Waals surface area contributed by atoms with Gasteiger partial charge in [-0.3, -0.25) is 0 Å². The summed E-state index contributed by atoms with van der Waals surface area (Å²) in [5.41, 5.74) is 2.73. The van der Waals surface area contributed by atoms with Gasteiger partial charge in [-0.05, 0) is 42.5 Å². The Morgan fingerprint density at radius 3 is 2.62 bits per heavy atom. The van der Waals surface area contributed by atoms with Gasteiger partial charge < -0.3 is 0 Å². The van der Waals surface area contributed by atoms with E-state index in [1.165, 1.54) is 36.8 Å². The number of nitrogens with zero attached hydrogens (tertiary/aromatic N) is 2. The van der Waals surface area contributed by atoms with Crippen molar-refractivity contribution in [3.8, 4) is 0 Å². The van der Waals surface area contributed by atoms with Crippen LogP contribution in [0.5, 0.6) is 0 Å². The lowest BCUT2D eigenvalue weighted by molar-refractivity contribution is 0.561. The highest BCUT2D eigenvalue weighted by molar-refractivity contribution is 5.55. The number of fused-ring (bicyclic) bond motifs is 1. The first-order valence-electron chi connectivity index (χ1n) is 6.29. The van der Waals surface area contributed by atoms with Crippen LogP contribution in [0.15, 0.2) is 30.6 Å². The normalized spacial score (nSPS) is 11.4. The third kappa shape index (κ3) is 2.11. The van der Waals surface area contributed by atoms with Crippen LogP contribution in [0.2, 0.25) is 0 Å². The zero-order valence-corrected chi connectivity index (χ0v) is 10.2. The van der Waals surface area contributed by atoms with Gasteiger partial charge in [-0.1, -0.05) is 26.7 Å². The summed E-state index contributed by atoms with van der Waals surface area (Å²) < 4.78 is 1.98. The fourth-order valence-electron chi connectivity index (χ4n) is 2.47. The fraction of sp³-hybridized carbons (Fsp3) is 0.500. The van der Waals surface area contributed by atoms with E-state index in [2.05, 4.69) is 37.1 Å². The molecule has 86 valence electrons. The van der Waals surface area contributed by atoms with E-state index in [9.17, 15) is 0 Å². The van der Waals surface area contributed by atoms with Crippen molar-refractivity contribution in [2.24, 2.45) is 0 Å². The lowest BCUT2D eigenvalue weighted by atomic mass is 9.90. The quantitative estimate of drug-likeness (QED) is 0.738. The van der Waals surface area contributed by atoms with Crippen molar-refractivity contribution in [2.75, 3.05) is 0 Å². The average molecular weight is 216 g/mol. The molecule has 16 heavy (non-hydrogen) atoms. The molecule has 2 heteroatoms. The zero-order valence-electron chi connectivity index (χ0n) is 10.2. The second kappa shape index (κ2) is 5.15. The summed E-state index contributed by atoms with van der Waals surface area (Å²) in [6, 6.07) is 6.42. The predicted octanol–water partition coefficient (Wildman–Crippen LogP) is 4.02. The van der Waals surface area contributed by atoms with Crippen molar-refractivity contribution < 1.29 is 0 Å². The number of hydrogen-bond donors (Lipinski definition) is 0. The number of hydrogen-bond acceptors (Lipinski definition) is 1. The number of aromatic nitrogens is 2. The van der Waals surface area contributed by atoms with Crippen molar-refractivity contribution in [1.29, 1.82) is 0 Å². The van der Waals surface area contributed by atoms with Crippen LogP contribution in [0.25, 0.3) is 5.52 Å². The van der Waals surface area contributed by atoms with Gasteiger partial charge in [0.25, 0.3) is 0 Å². The van der Waals surface area contributed by atoms with E-state index in [1.807, 2.05) is 16.9 Å². The van der Waals surface area contributed by atoms with Crippen molar-refractivity contribution >= 4 is 5.52 Å². The maximum absolute atomic E-state index is 4.32. The minimum absolute atomic E-state index is 0.690. The van der Waals surface area contributed by atoms with Gasteiger partial charge in [0.2, 0.25) is 0 Å². The summed E-state index contributed by atoms with van der Waals surface area (Å²) in [5, 5.41) is 4.32. The summed E-state index contributed by atoms with van der Waals surface area (Å²) in [4.78, 5) is 0. The van der Waals surface area contributed by atoms with Gasteiger partial charge in [-0.2, -0.15) is 5.10 Å². The molecule has 2 aromatic rings. The van der Waals surface area contributed by atoms with Crippen LogP contribution in [-0.4, -0.2) is 9.61 Å². The molecule has 2 nitrogen and oxygen atoms in total. The molecule has 0 saturated carbocycles. The van der Waals surface area contributed by atoms with Crippen LogP contribution in [0, 0.1) is 0 Å². The minimum atomic E-state index is 0.690. The molecule has 0 aromatic carbocycles. The van der Waals surface area contributed by atoms with Gasteiger partial charge in [0.1, 0.15) is 0 Å². The molecule has 0 radical (unpaired) electrons. The molecule has 0 atom stereocenters. The van der Waals surface area contributed by atoms with E-state index in [0.717, 1.165) is 0 Å². The van der Waals surface area contributed by atoms with Gasteiger partial charge in [-0.25, -0.2) is 4.52 Å². The molecule has 2 heterocycles. The van der Waals surface area contributed by atoms with E-state index in [4.69, 9.17) is 0 Å². The van der Waals surface area contributed by atoms with Crippen LogP contribution in [0.3, 0.4) is 0 Å². The molecule has 0 fully saturated rings. The van der Waals surface area contributed by atoms with Crippen LogP contribution < -0.4 is 0 Å². The highest BCUT2D eigenvalue weighted by atomic mass is 15.2. The van der Waals surface area contributed by atoms with Gasteiger partial charge >= 0.3 is 0 Å². The average Bonchev–Trinajstić information content (AvgIpc) is 2.76. The summed E-state index contributed by atoms with van der Waals surface area (Å²) in [6.07, 6.45) is 8.99. The fourth-order valence-corrected chi connectivity index (χ4v) is 2.47. The van der Waals surface area contributed by atoms with Crippen molar-refractivity contribution in [3.05, 3.63) is 36.2 Å². The molecule has 2 aromatic heterocycles. The van der Waals surface area contributed by atoms with Crippen molar-refractivity contribution in [1.82, 2.24) is 9.61 Å². The van der Waals surface area contributed by atoms with E-state index < -0.39 is 0 Å². The predicted molar refractivity (Wildman–Crippen MR) is 67.7 cm³/mol. The second-order valence-electron chi connectivity index (χ2n) is 4.40. The summed E-state index contributed by atoms with van der Waals surface area (Å²) in [7, 11) is 0. The van der Waals surface area contributed by atoms with Crippen molar-refractivity contribution in [2.45, 2.75) is 45.4 Å². The topological polar surface area (TPSA) is 17.3 Å². The second-order valence-corrected chi connectivity index (χ2v) is 4.40. The first-order chi connectivity index (χ1) is 7.86. The van der Waals surface area contributed by atoms with Gasteiger partial charge in [0, 0.05) is 12.4 Å². The molecule has 0 N–H and O–H groups in total. The Morgan fingerprint density at radius 2 is 1.94 bits per heavy atom. The minimum Gasteiger partial charge on any atom is -0.241 e. The SMILES string of the molecule is CCCC(CCC)c1ccnn2cccc12. The van der Waals surface area contributed by atoms with Gasteiger partial charge in [0.05, 0.1) is 5.52 Å². The highest BCUT2D eigenvalue weighted by Crippen LogP contribution is 2.29. The van der Waals surface area contributed by atoms with E-state index in [-0.39, 0.29) is 0 Å². The lowest BCUT2D eigenvalue weighted by Gasteiger charge is -2.16. The Labute approximate surface area is 97.3 Å². The third-order valence-electron chi connectivity index (χ3n) is 3.18. The smallest absolute Gasteiger partial charge is 0.0681 e. The van der Waals surface area contributed by atoms with Crippen molar-refractivity contribution in [3.63, 3.8) is 0 Å². The molecule has 2 rings (SSSR count). The summed E-state index contributed by atoms with van der Waals surface area (Å²) in [6.45, 7) is 4.53. The summed E-state index contributed by atoms with van der Waals surface area (Å²) >= 11 is 0. The Morgan fingerprint density at radius 1 is 1.19 bits per heavy atom. The molecule has 0 aliphatic carbocycles. The largest absolute Gasteiger partial charge is 0.241 e. The molecule has 0 spiro atoms. The Bertz CT molecular complexity index is 439.